The van der Waals surface area contributed by atoms with Crippen LogP contribution in [0.1, 0.15) is 52.0 Å². The van der Waals surface area contributed by atoms with Gasteiger partial charge in [-0.25, -0.2) is 4.79 Å². The lowest BCUT2D eigenvalue weighted by Gasteiger charge is -2.28. The Morgan fingerprint density at radius 3 is 2.44 bits per heavy atom. The summed E-state index contributed by atoms with van der Waals surface area (Å²) in [5, 5.41) is 6.81. The number of rotatable bonds is 8. The van der Waals surface area contributed by atoms with E-state index < -0.39 is 18.1 Å². The van der Waals surface area contributed by atoms with E-state index in [1.54, 1.807) is 0 Å². The van der Waals surface area contributed by atoms with Gasteiger partial charge in [0, 0.05) is 29.4 Å². The second-order valence-corrected chi connectivity index (χ2v) is 9.34. The maximum Gasteiger partial charge on any atom is 0.328 e. The van der Waals surface area contributed by atoms with Gasteiger partial charge in [0.2, 0.25) is 11.8 Å². The smallest absolute Gasteiger partial charge is 0.328 e. The summed E-state index contributed by atoms with van der Waals surface area (Å²) < 4.78 is 4.86. The third kappa shape index (κ3) is 5.69. The van der Waals surface area contributed by atoms with Crippen LogP contribution in [0, 0.1) is 17.8 Å². The predicted octanol–water partition coefficient (Wildman–Crippen LogP) is 3.34. The first-order valence-corrected chi connectivity index (χ1v) is 11.5. The van der Waals surface area contributed by atoms with Gasteiger partial charge in [-0.1, -0.05) is 39.0 Å². The van der Waals surface area contributed by atoms with E-state index in [0.29, 0.717) is 12.3 Å². The molecule has 1 aromatic heterocycles. The van der Waals surface area contributed by atoms with Crippen molar-refractivity contribution in [1.82, 2.24) is 15.6 Å². The Labute approximate surface area is 189 Å². The minimum absolute atomic E-state index is 0.0778. The van der Waals surface area contributed by atoms with Crippen molar-refractivity contribution in [1.29, 1.82) is 0 Å². The molecule has 1 aliphatic carbocycles. The third-order valence-corrected chi connectivity index (χ3v) is 6.54. The summed E-state index contributed by atoms with van der Waals surface area (Å²) in [6.45, 7) is 5.90. The fourth-order valence-electron chi connectivity index (χ4n) is 4.42. The number of benzene rings is 1. The maximum atomic E-state index is 13.3. The Kier molecular flexibility index (Phi) is 7.94. The summed E-state index contributed by atoms with van der Waals surface area (Å²) in [6.07, 6.45) is 5.93. The number of para-hydroxylation sites is 1. The van der Waals surface area contributed by atoms with E-state index in [0.717, 1.165) is 42.1 Å². The molecule has 2 atom stereocenters. The number of hydrogen-bond donors (Lipinski definition) is 3. The molecule has 7 heteroatoms. The summed E-state index contributed by atoms with van der Waals surface area (Å²) in [4.78, 5) is 41.7. The Morgan fingerprint density at radius 1 is 1.09 bits per heavy atom. The van der Waals surface area contributed by atoms with Crippen molar-refractivity contribution in [2.75, 3.05) is 7.11 Å². The highest BCUT2D eigenvalue weighted by Gasteiger charge is 2.32. The Hall–Kier alpha value is -2.83. The number of hydrogen-bond acceptors (Lipinski definition) is 4. The Balaban J connectivity index is 1.80. The van der Waals surface area contributed by atoms with Crippen molar-refractivity contribution in [3.05, 3.63) is 36.0 Å². The molecule has 0 saturated heterocycles. The van der Waals surface area contributed by atoms with Crippen LogP contribution in [0.3, 0.4) is 0 Å². The molecule has 3 rings (SSSR count). The number of esters is 1. The highest BCUT2D eigenvalue weighted by molar-refractivity contribution is 5.92. The number of aromatic nitrogens is 1. The van der Waals surface area contributed by atoms with Gasteiger partial charge in [-0.05, 0) is 49.1 Å². The molecule has 1 aliphatic rings. The van der Waals surface area contributed by atoms with Crippen LogP contribution in [0.5, 0.6) is 0 Å². The molecule has 2 aromatic rings. The number of H-pyrrole nitrogens is 1. The molecule has 1 fully saturated rings. The fraction of sp³-hybridized carbons (Fsp3) is 0.560. The minimum atomic E-state index is -0.785. The van der Waals surface area contributed by atoms with Crippen LogP contribution < -0.4 is 10.6 Å². The van der Waals surface area contributed by atoms with Crippen molar-refractivity contribution in [2.45, 2.75) is 65.0 Å². The maximum absolute atomic E-state index is 13.3. The number of carbonyl (C=O) groups is 3. The summed E-state index contributed by atoms with van der Waals surface area (Å²) in [5.74, 6) is -0.544. The van der Waals surface area contributed by atoms with Gasteiger partial charge in [0.05, 0.1) is 7.11 Å². The normalized spacial score (nSPS) is 20.5. The second kappa shape index (κ2) is 10.7. The number of fused-ring (bicyclic) bond motifs is 1. The molecule has 3 N–H and O–H groups in total. The SMILES string of the molecule is COC(=O)[C@H](NC(=O)[C@H](Cc1c[nH]c2ccccc12)NC(=O)C1CCC(C)CC1)C(C)C. The zero-order chi connectivity index (χ0) is 23.3. The number of methoxy groups -OCH3 is 1. The molecule has 1 heterocycles. The average molecular weight is 442 g/mol. The van der Waals surface area contributed by atoms with Gasteiger partial charge in [-0.15, -0.1) is 0 Å². The molecule has 0 radical (unpaired) electrons. The monoisotopic (exact) mass is 441 g/mol. The zero-order valence-electron chi connectivity index (χ0n) is 19.4. The van der Waals surface area contributed by atoms with Gasteiger partial charge in [0.25, 0.3) is 0 Å². The quantitative estimate of drug-likeness (QED) is 0.547. The van der Waals surface area contributed by atoms with Crippen LogP contribution in [0.2, 0.25) is 0 Å². The third-order valence-electron chi connectivity index (χ3n) is 6.54. The van der Waals surface area contributed by atoms with Gasteiger partial charge in [0.1, 0.15) is 12.1 Å². The van der Waals surface area contributed by atoms with Gasteiger partial charge in [0.15, 0.2) is 0 Å². The van der Waals surface area contributed by atoms with E-state index in [2.05, 4.69) is 22.5 Å². The lowest BCUT2D eigenvalue weighted by Crippen LogP contribution is -2.55. The number of aromatic amines is 1. The number of nitrogens with one attached hydrogen (secondary N) is 3. The van der Waals surface area contributed by atoms with Crippen molar-refractivity contribution < 1.29 is 19.1 Å². The molecule has 0 spiro atoms. The van der Waals surface area contributed by atoms with E-state index in [1.165, 1.54) is 7.11 Å². The lowest BCUT2D eigenvalue weighted by atomic mass is 9.82. The highest BCUT2D eigenvalue weighted by atomic mass is 16.5. The molecule has 1 saturated carbocycles. The number of carbonyl (C=O) groups excluding carboxylic acids is 3. The van der Waals surface area contributed by atoms with Crippen LogP contribution in [0.25, 0.3) is 10.9 Å². The van der Waals surface area contributed by atoms with Crippen molar-refractivity contribution in [3.8, 4) is 0 Å². The Morgan fingerprint density at radius 2 is 1.78 bits per heavy atom. The molecule has 1 aromatic carbocycles. The molecular weight excluding hydrogens is 406 g/mol. The summed E-state index contributed by atoms with van der Waals surface area (Å²) in [5.41, 5.74) is 1.92. The van der Waals surface area contributed by atoms with Crippen LogP contribution in [0.4, 0.5) is 0 Å². The van der Waals surface area contributed by atoms with Crippen LogP contribution in [-0.2, 0) is 25.5 Å². The molecule has 2 amide bonds. The first-order valence-electron chi connectivity index (χ1n) is 11.5. The standard InChI is InChI=1S/C25H35N3O4/c1-15(2)22(25(31)32-4)28-24(30)21(27-23(29)17-11-9-16(3)10-12-17)13-18-14-26-20-8-6-5-7-19(18)20/h5-8,14-17,21-22,26H,9-13H2,1-4H3,(H,27,29)(H,28,30)/t16?,17?,21-,22+/m0/s1. The van der Waals surface area contributed by atoms with Crippen LogP contribution >= 0.6 is 0 Å². The van der Waals surface area contributed by atoms with Crippen molar-refractivity contribution >= 4 is 28.7 Å². The number of amides is 2. The van der Waals surface area contributed by atoms with Crippen LogP contribution in [-0.4, -0.2) is 42.0 Å². The van der Waals surface area contributed by atoms with Crippen molar-refractivity contribution in [2.24, 2.45) is 17.8 Å². The first-order chi connectivity index (χ1) is 15.3. The van der Waals surface area contributed by atoms with E-state index >= 15 is 0 Å². The van der Waals surface area contributed by atoms with Gasteiger partial charge < -0.3 is 20.4 Å². The molecule has 174 valence electrons. The highest BCUT2D eigenvalue weighted by Crippen LogP contribution is 2.28. The first kappa shape index (κ1) is 23.8. The zero-order valence-corrected chi connectivity index (χ0v) is 19.4. The molecular formula is C25H35N3O4. The molecule has 32 heavy (non-hydrogen) atoms. The summed E-state index contributed by atoms with van der Waals surface area (Å²) >= 11 is 0. The van der Waals surface area contributed by atoms with E-state index in [1.807, 2.05) is 44.3 Å². The largest absolute Gasteiger partial charge is 0.467 e. The summed E-state index contributed by atoms with van der Waals surface area (Å²) in [6, 6.07) is 6.30. The van der Waals surface area contributed by atoms with E-state index in [9.17, 15) is 14.4 Å². The Bertz CT molecular complexity index is 944. The lowest BCUT2D eigenvalue weighted by molar-refractivity contribution is -0.146. The second-order valence-electron chi connectivity index (χ2n) is 9.34. The number of ether oxygens (including phenoxy) is 1. The van der Waals surface area contributed by atoms with E-state index in [-0.39, 0.29) is 23.7 Å². The van der Waals surface area contributed by atoms with Crippen molar-refractivity contribution in [3.63, 3.8) is 0 Å². The van der Waals surface area contributed by atoms with Crippen LogP contribution in [0.15, 0.2) is 30.5 Å². The van der Waals surface area contributed by atoms with Gasteiger partial charge in [-0.3, -0.25) is 9.59 Å². The van der Waals surface area contributed by atoms with Gasteiger partial charge in [-0.2, -0.15) is 0 Å². The predicted molar refractivity (Wildman–Crippen MR) is 124 cm³/mol. The molecule has 0 aliphatic heterocycles. The molecule has 0 bridgehead atoms. The fourth-order valence-corrected chi connectivity index (χ4v) is 4.42. The van der Waals surface area contributed by atoms with E-state index in [4.69, 9.17) is 4.74 Å². The molecule has 7 nitrogen and oxygen atoms in total. The topological polar surface area (TPSA) is 100 Å². The summed E-state index contributed by atoms with van der Waals surface area (Å²) in [7, 11) is 1.30. The average Bonchev–Trinajstić information content (AvgIpc) is 3.19. The van der Waals surface area contributed by atoms with Gasteiger partial charge >= 0.3 is 5.97 Å². The minimum Gasteiger partial charge on any atom is -0.467 e. The molecule has 0 unspecified atom stereocenters.